The lowest BCUT2D eigenvalue weighted by Gasteiger charge is -2.32. The number of benzene rings is 1. The molecule has 2 aromatic rings. The molecular formula is C21H22F3N3O3. The summed E-state index contributed by atoms with van der Waals surface area (Å²) < 4.78 is 46.5. The number of hydrazone groups is 1. The van der Waals surface area contributed by atoms with Crippen LogP contribution in [-0.4, -0.2) is 45.2 Å². The second-order valence-corrected chi connectivity index (χ2v) is 7.46. The number of pyridine rings is 1. The molecule has 1 aliphatic rings. The van der Waals surface area contributed by atoms with Crippen molar-refractivity contribution in [3.8, 4) is 5.75 Å². The second-order valence-electron chi connectivity index (χ2n) is 7.46. The van der Waals surface area contributed by atoms with E-state index in [2.05, 4.69) is 10.1 Å². The fourth-order valence-corrected chi connectivity index (χ4v) is 3.18. The lowest BCUT2D eigenvalue weighted by molar-refractivity contribution is -0.302. The highest BCUT2D eigenvalue weighted by atomic mass is 19.4. The Labute approximate surface area is 172 Å². The predicted octanol–water partition coefficient (Wildman–Crippen LogP) is 3.78. The highest BCUT2D eigenvalue weighted by molar-refractivity contribution is 6.03. The van der Waals surface area contributed by atoms with Crippen LogP contribution in [0, 0.1) is 6.92 Å². The lowest BCUT2D eigenvalue weighted by Crippen LogP contribution is -2.57. The van der Waals surface area contributed by atoms with E-state index in [4.69, 9.17) is 4.74 Å². The minimum Gasteiger partial charge on any atom is -0.483 e. The minimum absolute atomic E-state index is 0.0657. The van der Waals surface area contributed by atoms with Crippen molar-refractivity contribution in [2.75, 3.05) is 6.61 Å². The van der Waals surface area contributed by atoms with Crippen molar-refractivity contribution in [3.63, 3.8) is 0 Å². The number of carbonyl (C=O) groups is 1. The van der Waals surface area contributed by atoms with Crippen LogP contribution in [0.5, 0.6) is 5.75 Å². The third-order valence-electron chi connectivity index (χ3n) is 4.83. The Hall–Kier alpha value is -2.94. The van der Waals surface area contributed by atoms with Crippen LogP contribution in [-0.2, 0) is 4.79 Å². The summed E-state index contributed by atoms with van der Waals surface area (Å²) in [5, 5.41) is 14.2. The summed E-state index contributed by atoms with van der Waals surface area (Å²) >= 11 is 0. The molecule has 1 aromatic heterocycles. The standard InChI is InChI=1S/C21H22F3N3O3/c1-13(2)16-5-4-14(3)10-18(16)30-12-19(28)27-20(29,21(22,23)24)11-17(26-27)15-6-8-25-9-7-15/h4-10,13,29H,11-12H2,1-3H3. The van der Waals surface area contributed by atoms with Gasteiger partial charge in [0, 0.05) is 18.0 Å². The first-order chi connectivity index (χ1) is 14.0. The molecule has 2 heterocycles. The van der Waals surface area contributed by atoms with Crippen LogP contribution < -0.4 is 4.74 Å². The van der Waals surface area contributed by atoms with E-state index in [0.29, 0.717) is 11.3 Å². The van der Waals surface area contributed by atoms with E-state index in [9.17, 15) is 23.1 Å². The predicted molar refractivity (Wildman–Crippen MR) is 104 cm³/mol. The number of hydrogen-bond donors (Lipinski definition) is 1. The van der Waals surface area contributed by atoms with Gasteiger partial charge in [-0.25, -0.2) is 0 Å². The Bertz CT molecular complexity index is 961. The third-order valence-corrected chi connectivity index (χ3v) is 4.83. The number of alkyl halides is 3. The Morgan fingerprint density at radius 1 is 1.27 bits per heavy atom. The normalized spacial score (nSPS) is 19.2. The first kappa shape index (κ1) is 21.8. The lowest BCUT2D eigenvalue weighted by atomic mass is 10.0. The molecule has 1 amide bonds. The van der Waals surface area contributed by atoms with E-state index < -0.39 is 30.8 Å². The van der Waals surface area contributed by atoms with Crippen molar-refractivity contribution in [2.45, 2.75) is 45.0 Å². The van der Waals surface area contributed by atoms with Crippen molar-refractivity contribution in [3.05, 3.63) is 59.4 Å². The minimum atomic E-state index is -5.10. The summed E-state index contributed by atoms with van der Waals surface area (Å²) in [6.45, 7) is 5.02. The number of hydrogen-bond acceptors (Lipinski definition) is 5. The molecule has 1 unspecified atom stereocenters. The fraction of sp³-hybridized carbons (Fsp3) is 0.381. The molecule has 6 nitrogen and oxygen atoms in total. The number of aryl methyl sites for hydroxylation is 1. The van der Waals surface area contributed by atoms with Crippen LogP contribution in [0.1, 0.15) is 42.9 Å². The van der Waals surface area contributed by atoms with Crippen LogP contribution in [0.15, 0.2) is 47.8 Å². The van der Waals surface area contributed by atoms with Gasteiger partial charge in [-0.1, -0.05) is 26.0 Å². The van der Waals surface area contributed by atoms with Gasteiger partial charge in [0.15, 0.2) is 6.61 Å². The third kappa shape index (κ3) is 4.16. The molecule has 0 saturated carbocycles. The Morgan fingerprint density at radius 2 is 1.93 bits per heavy atom. The molecule has 1 aromatic carbocycles. The van der Waals surface area contributed by atoms with Gasteiger partial charge in [-0.15, -0.1) is 0 Å². The van der Waals surface area contributed by atoms with Gasteiger partial charge in [0.2, 0.25) is 0 Å². The Kier molecular flexibility index (Phi) is 5.85. The monoisotopic (exact) mass is 421 g/mol. The zero-order valence-electron chi connectivity index (χ0n) is 16.8. The first-order valence-corrected chi connectivity index (χ1v) is 9.36. The molecule has 0 bridgehead atoms. The molecular weight excluding hydrogens is 399 g/mol. The van der Waals surface area contributed by atoms with Crippen molar-refractivity contribution >= 4 is 11.6 Å². The molecule has 1 aliphatic heterocycles. The van der Waals surface area contributed by atoms with Crippen LogP contribution >= 0.6 is 0 Å². The van der Waals surface area contributed by atoms with Crippen molar-refractivity contribution in [1.82, 2.24) is 9.99 Å². The molecule has 0 saturated heterocycles. The van der Waals surface area contributed by atoms with E-state index in [1.165, 1.54) is 24.5 Å². The number of halogens is 3. The number of rotatable bonds is 5. The second kappa shape index (κ2) is 8.06. The maximum absolute atomic E-state index is 13.7. The maximum Gasteiger partial charge on any atom is 0.438 e. The van der Waals surface area contributed by atoms with Gasteiger partial charge in [0.25, 0.3) is 11.6 Å². The fourth-order valence-electron chi connectivity index (χ4n) is 3.18. The van der Waals surface area contributed by atoms with Crippen LogP contribution in [0.25, 0.3) is 0 Å². The average Bonchev–Trinajstić information content (AvgIpc) is 3.05. The van der Waals surface area contributed by atoms with Gasteiger partial charge in [0.1, 0.15) is 5.75 Å². The number of aromatic nitrogens is 1. The van der Waals surface area contributed by atoms with E-state index in [1.54, 1.807) is 6.07 Å². The maximum atomic E-state index is 13.7. The molecule has 0 aliphatic carbocycles. The van der Waals surface area contributed by atoms with Crippen LogP contribution in [0.2, 0.25) is 0 Å². The Balaban J connectivity index is 1.87. The topological polar surface area (TPSA) is 75.0 Å². The summed E-state index contributed by atoms with van der Waals surface area (Å²) in [4.78, 5) is 16.5. The molecule has 1 N–H and O–H groups in total. The number of carbonyl (C=O) groups excluding carboxylic acids is 1. The number of ether oxygens (including phenoxy) is 1. The van der Waals surface area contributed by atoms with Crippen molar-refractivity contribution < 1.29 is 27.8 Å². The van der Waals surface area contributed by atoms with E-state index in [-0.39, 0.29) is 16.6 Å². The summed E-state index contributed by atoms with van der Waals surface area (Å²) in [5.74, 6) is -0.604. The highest BCUT2D eigenvalue weighted by Crippen LogP contribution is 2.41. The van der Waals surface area contributed by atoms with Gasteiger partial charge in [-0.2, -0.15) is 23.3 Å². The quantitative estimate of drug-likeness (QED) is 0.797. The molecule has 3 rings (SSSR count). The molecule has 160 valence electrons. The van der Waals surface area contributed by atoms with Gasteiger partial charge >= 0.3 is 6.18 Å². The summed E-state index contributed by atoms with van der Waals surface area (Å²) in [5.41, 5.74) is -1.47. The molecule has 30 heavy (non-hydrogen) atoms. The molecule has 0 radical (unpaired) electrons. The number of amides is 1. The van der Waals surface area contributed by atoms with E-state index >= 15 is 0 Å². The van der Waals surface area contributed by atoms with Gasteiger partial charge in [0.05, 0.1) is 12.1 Å². The van der Waals surface area contributed by atoms with Crippen LogP contribution in [0.4, 0.5) is 13.2 Å². The van der Waals surface area contributed by atoms with E-state index in [0.717, 1.165) is 11.1 Å². The van der Waals surface area contributed by atoms with Crippen molar-refractivity contribution in [2.24, 2.45) is 5.10 Å². The SMILES string of the molecule is Cc1ccc(C(C)C)c(OCC(=O)N2N=C(c3ccncc3)CC2(O)C(F)(F)F)c1. The largest absolute Gasteiger partial charge is 0.483 e. The van der Waals surface area contributed by atoms with Gasteiger partial charge < -0.3 is 9.84 Å². The smallest absolute Gasteiger partial charge is 0.438 e. The average molecular weight is 421 g/mol. The molecule has 0 spiro atoms. The summed E-state index contributed by atoms with van der Waals surface area (Å²) in [6.07, 6.45) is -3.20. The number of aliphatic hydroxyl groups is 1. The zero-order chi connectivity index (χ0) is 22.1. The van der Waals surface area contributed by atoms with E-state index in [1.807, 2.05) is 32.9 Å². The van der Waals surface area contributed by atoms with Crippen molar-refractivity contribution in [1.29, 1.82) is 0 Å². The Morgan fingerprint density at radius 3 is 2.53 bits per heavy atom. The van der Waals surface area contributed by atoms with Gasteiger partial charge in [-0.05, 0) is 42.2 Å². The summed E-state index contributed by atoms with van der Waals surface area (Å²) in [6, 6.07) is 8.37. The highest BCUT2D eigenvalue weighted by Gasteiger charge is 2.63. The number of nitrogens with zero attached hydrogens (tertiary/aromatic N) is 3. The summed E-state index contributed by atoms with van der Waals surface area (Å²) in [7, 11) is 0. The zero-order valence-corrected chi connectivity index (χ0v) is 16.8. The molecule has 0 fully saturated rings. The molecule has 1 atom stereocenters. The first-order valence-electron chi connectivity index (χ1n) is 9.36. The van der Waals surface area contributed by atoms with Gasteiger partial charge in [-0.3, -0.25) is 9.78 Å². The molecule has 9 heteroatoms. The van der Waals surface area contributed by atoms with Crippen LogP contribution in [0.3, 0.4) is 0 Å².